The zero-order valence-electron chi connectivity index (χ0n) is 6.46. The van der Waals surface area contributed by atoms with Crippen molar-refractivity contribution in [1.29, 1.82) is 0 Å². The maximum absolute atomic E-state index is 12.9. The molecule has 4 nitrogen and oxygen atoms in total. The van der Waals surface area contributed by atoms with Crippen LogP contribution in [0.4, 0.5) is 14.5 Å². The molecule has 0 aromatic heterocycles. The summed E-state index contributed by atoms with van der Waals surface area (Å²) >= 11 is 0. The number of halogens is 2. The lowest BCUT2D eigenvalue weighted by molar-refractivity contribution is -0.385. The Morgan fingerprint density at radius 1 is 1.46 bits per heavy atom. The summed E-state index contributed by atoms with van der Waals surface area (Å²) in [6, 6.07) is 1.59. The number of hydrogen-bond donors (Lipinski definition) is 1. The second-order valence-corrected chi connectivity index (χ2v) is 2.32. The van der Waals surface area contributed by atoms with Crippen LogP contribution in [0.5, 0.6) is 0 Å². The topological polar surface area (TPSA) is 69.2 Å². The quantitative estimate of drug-likeness (QED) is 0.562. The molecule has 0 bridgehead atoms. The summed E-state index contributed by atoms with van der Waals surface area (Å²) in [6.07, 6.45) is 0. The van der Waals surface area contributed by atoms with E-state index >= 15 is 0 Å². The van der Waals surface area contributed by atoms with E-state index in [1.165, 1.54) is 0 Å². The van der Waals surface area contributed by atoms with Crippen LogP contribution in [0.3, 0.4) is 0 Å². The molecule has 0 radical (unpaired) electrons. The van der Waals surface area contributed by atoms with Crippen molar-refractivity contribution in [2.45, 2.75) is 6.54 Å². The van der Waals surface area contributed by atoms with Gasteiger partial charge in [-0.05, 0) is 6.07 Å². The van der Waals surface area contributed by atoms with E-state index in [1.54, 1.807) is 0 Å². The third-order valence-corrected chi connectivity index (χ3v) is 1.57. The fraction of sp³-hybridized carbons (Fsp3) is 0.143. The number of nitrogens with zero attached hydrogens (tertiary/aromatic N) is 1. The first-order valence-corrected chi connectivity index (χ1v) is 3.39. The summed E-state index contributed by atoms with van der Waals surface area (Å²) in [5, 5.41) is 10.3. The van der Waals surface area contributed by atoms with Gasteiger partial charge in [0.05, 0.1) is 10.5 Å². The number of nitro groups is 1. The Kier molecular flexibility index (Phi) is 2.52. The predicted molar refractivity (Wildman–Crippen MR) is 40.9 cm³/mol. The summed E-state index contributed by atoms with van der Waals surface area (Å²) in [7, 11) is 0. The zero-order chi connectivity index (χ0) is 10.0. The van der Waals surface area contributed by atoms with Crippen molar-refractivity contribution in [1.82, 2.24) is 0 Å². The van der Waals surface area contributed by atoms with Crippen LogP contribution in [0, 0.1) is 21.7 Å². The molecule has 13 heavy (non-hydrogen) atoms. The molecule has 0 heterocycles. The molecule has 2 N–H and O–H groups in total. The number of nitro benzene ring substituents is 1. The first-order chi connectivity index (χ1) is 6.07. The molecule has 1 aromatic rings. The average Bonchev–Trinajstić information content (AvgIpc) is 2.09. The minimum atomic E-state index is -1.25. The molecule has 0 aliphatic rings. The van der Waals surface area contributed by atoms with Gasteiger partial charge >= 0.3 is 0 Å². The van der Waals surface area contributed by atoms with Crippen LogP contribution in [0.2, 0.25) is 0 Å². The Labute approximate surface area is 72.1 Å². The lowest BCUT2D eigenvalue weighted by Crippen LogP contribution is -2.06. The molecule has 0 saturated carbocycles. The molecule has 0 amide bonds. The first-order valence-electron chi connectivity index (χ1n) is 3.39. The fourth-order valence-corrected chi connectivity index (χ4v) is 0.948. The lowest BCUT2D eigenvalue weighted by Gasteiger charge is -2.01. The van der Waals surface area contributed by atoms with Crippen molar-refractivity contribution in [3.63, 3.8) is 0 Å². The third-order valence-electron chi connectivity index (χ3n) is 1.57. The molecule has 0 atom stereocenters. The molecular weight excluding hydrogens is 182 g/mol. The van der Waals surface area contributed by atoms with Crippen LogP contribution in [0.25, 0.3) is 0 Å². The third kappa shape index (κ3) is 1.62. The molecule has 1 aromatic carbocycles. The van der Waals surface area contributed by atoms with E-state index in [4.69, 9.17) is 5.73 Å². The van der Waals surface area contributed by atoms with Gasteiger partial charge < -0.3 is 5.73 Å². The van der Waals surface area contributed by atoms with Gasteiger partial charge in [0.15, 0.2) is 11.6 Å². The van der Waals surface area contributed by atoms with Crippen LogP contribution in [-0.2, 0) is 6.54 Å². The van der Waals surface area contributed by atoms with Gasteiger partial charge in [-0.25, -0.2) is 8.78 Å². The Bertz CT molecular complexity index is 355. The van der Waals surface area contributed by atoms with E-state index in [-0.39, 0.29) is 0 Å². The number of nitrogens with two attached hydrogens (primary N) is 1. The maximum atomic E-state index is 12.9. The van der Waals surface area contributed by atoms with Crippen molar-refractivity contribution >= 4 is 5.69 Å². The number of hydrogen-bond acceptors (Lipinski definition) is 3. The van der Waals surface area contributed by atoms with Gasteiger partial charge in [0.1, 0.15) is 0 Å². The van der Waals surface area contributed by atoms with E-state index in [0.29, 0.717) is 6.07 Å². The molecule has 70 valence electrons. The molecule has 0 aliphatic heterocycles. The highest BCUT2D eigenvalue weighted by Gasteiger charge is 2.19. The fourth-order valence-electron chi connectivity index (χ4n) is 0.948. The van der Waals surface area contributed by atoms with Gasteiger partial charge in [0, 0.05) is 12.6 Å². The van der Waals surface area contributed by atoms with Gasteiger partial charge in [-0.3, -0.25) is 10.1 Å². The summed E-state index contributed by atoms with van der Waals surface area (Å²) < 4.78 is 25.4. The Morgan fingerprint density at radius 2 is 2.08 bits per heavy atom. The second kappa shape index (κ2) is 3.44. The van der Waals surface area contributed by atoms with Crippen LogP contribution in [0.1, 0.15) is 5.56 Å². The van der Waals surface area contributed by atoms with Gasteiger partial charge in [-0.2, -0.15) is 0 Å². The van der Waals surface area contributed by atoms with Gasteiger partial charge in [-0.15, -0.1) is 0 Å². The van der Waals surface area contributed by atoms with Crippen molar-refractivity contribution in [2.75, 3.05) is 0 Å². The second-order valence-electron chi connectivity index (χ2n) is 2.32. The van der Waals surface area contributed by atoms with Crippen molar-refractivity contribution in [2.24, 2.45) is 5.73 Å². The Morgan fingerprint density at radius 3 is 2.54 bits per heavy atom. The smallest absolute Gasteiger partial charge is 0.277 e. The Hall–Kier alpha value is -1.56. The summed E-state index contributed by atoms with van der Waals surface area (Å²) in [5.74, 6) is -2.39. The predicted octanol–water partition coefficient (Wildman–Crippen LogP) is 1.33. The minimum absolute atomic E-state index is 0.403. The largest absolute Gasteiger partial charge is 0.326 e. The summed E-state index contributed by atoms with van der Waals surface area (Å²) in [5.41, 5.74) is 4.14. The SMILES string of the molecule is NCc1c([N+](=O)[O-])ccc(F)c1F. The number of rotatable bonds is 2. The molecule has 0 saturated heterocycles. The summed E-state index contributed by atoms with van der Waals surface area (Å²) in [6.45, 7) is -0.403. The molecule has 0 fully saturated rings. The highest BCUT2D eigenvalue weighted by molar-refractivity contribution is 5.41. The minimum Gasteiger partial charge on any atom is -0.326 e. The standard InChI is InChI=1S/C7H6F2N2O2/c8-5-1-2-6(11(12)13)4(3-10)7(5)9/h1-2H,3,10H2. The highest BCUT2D eigenvalue weighted by Crippen LogP contribution is 2.22. The molecular formula is C7H6F2N2O2. The molecule has 0 aliphatic carbocycles. The van der Waals surface area contributed by atoms with Gasteiger partial charge in [-0.1, -0.05) is 0 Å². The molecule has 6 heteroatoms. The van der Waals surface area contributed by atoms with Crippen LogP contribution in [-0.4, -0.2) is 4.92 Å². The first kappa shape index (κ1) is 9.53. The van der Waals surface area contributed by atoms with E-state index < -0.39 is 34.4 Å². The zero-order valence-corrected chi connectivity index (χ0v) is 6.46. The van der Waals surface area contributed by atoms with E-state index in [2.05, 4.69) is 0 Å². The lowest BCUT2D eigenvalue weighted by atomic mass is 10.1. The van der Waals surface area contributed by atoms with Crippen molar-refractivity contribution < 1.29 is 13.7 Å². The summed E-state index contributed by atoms with van der Waals surface area (Å²) in [4.78, 5) is 9.50. The van der Waals surface area contributed by atoms with E-state index in [1.807, 2.05) is 0 Å². The van der Waals surface area contributed by atoms with E-state index in [0.717, 1.165) is 6.07 Å². The van der Waals surface area contributed by atoms with Crippen molar-refractivity contribution in [3.8, 4) is 0 Å². The van der Waals surface area contributed by atoms with Crippen LogP contribution < -0.4 is 5.73 Å². The maximum Gasteiger partial charge on any atom is 0.277 e. The Balaban J connectivity index is 3.38. The number of benzene rings is 1. The molecule has 1 rings (SSSR count). The van der Waals surface area contributed by atoms with Gasteiger partial charge in [0.2, 0.25) is 0 Å². The van der Waals surface area contributed by atoms with Crippen LogP contribution in [0.15, 0.2) is 12.1 Å². The normalized spacial score (nSPS) is 10.1. The van der Waals surface area contributed by atoms with Gasteiger partial charge in [0.25, 0.3) is 5.69 Å². The monoisotopic (exact) mass is 188 g/mol. The van der Waals surface area contributed by atoms with E-state index in [9.17, 15) is 18.9 Å². The van der Waals surface area contributed by atoms with Crippen molar-refractivity contribution in [3.05, 3.63) is 39.4 Å². The highest BCUT2D eigenvalue weighted by atomic mass is 19.2. The van der Waals surface area contributed by atoms with Crippen LogP contribution >= 0.6 is 0 Å². The molecule has 0 spiro atoms. The molecule has 0 unspecified atom stereocenters. The average molecular weight is 188 g/mol.